The Bertz CT molecular complexity index is 610. The second-order valence-corrected chi connectivity index (χ2v) is 4.02. The number of rotatable bonds is 3. The maximum Gasteiger partial charge on any atom is 0.215 e. The fourth-order valence-corrected chi connectivity index (χ4v) is 1.86. The van der Waals surface area contributed by atoms with Gasteiger partial charge in [-0.3, -0.25) is 9.48 Å². The van der Waals surface area contributed by atoms with Crippen molar-refractivity contribution >= 4 is 17.4 Å². The van der Waals surface area contributed by atoms with Gasteiger partial charge in [0, 0.05) is 12.6 Å². The number of benzene rings is 1. The van der Waals surface area contributed by atoms with Crippen molar-refractivity contribution in [2.24, 2.45) is 0 Å². The molecule has 0 aliphatic carbocycles. The standard InChI is InChI=1S/C12H9ClF2N2O/c1-2-17-11(9(13)6-16-17)12(18)8-4-3-7(14)5-10(8)15/h3-6H,2H2,1H3. The zero-order valence-corrected chi connectivity index (χ0v) is 10.2. The van der Waals surface area contributed by atoms with E-state index in [-0.39, 0.29) is 16.3 Å². The van der Waals surface area contributed by atoms with Crippen LogP contribution in [-0.2, 0) is 6.54 Å². The first-order valence-corrected chi connectivity index (χ1v) is 5.63. The smallest absolute Gasteiger partial charge is 0.215 e. The van der Waals surface area contributed by atoms with Gasteiger partial charge in [0.15, 0.2) is 0 Å². The van der Waals surface area contributed by atoms with Crippen molar-refractivity contribution in [2.45, 2.75) is 13.5 Å². The Morgan fingerprint density at radius 1 is 1.44 bits per heavy atom. The van der Waals surface area contributed by atoms with Gasteiger partial charge in [-0.25, -0.2) is 8.78 Å². The molecule has 0 atom stereocenters. The summed E-state index contributed by atoms with van der Waals surface area (Å²) in [6.07, 6.45) is 1.32. The largest absolute Gasteiger partial charge is 0.287 e. The minimum absolute atomic E-state index is 0.102. The van der Waals surface area contributed by atoms with Crippen molar-refractivity contribution in [1.82, 2.24) is 9.78 Å². The molecule has 0 saturated heterocycles. The topological polar surface area (TPSA) is 34.9 Å². The molecule has 0 radical (unpaired) electrons. The van der Waals surface area contributed by atoms with E-state index < -0.39 is 17.4 Å². The average molecular weight is 271 g/mol. The Hall–Kier alpha value is -1.75. The SMILES string of the molecule is CCn1ncc(Cl)c1C(=O)c1ccc(F)cc1F. The summed E-state index contributed by atoms with van der Waals surface area (Å²) in [4.78, 5) is 12.1. The molecule has 3 nitrogen and oxygen atoms in total. The van der Waals surface area contributed by atoms with E-state index in [9.17, 15) is 13.6 Å². The molecule has 0 amide bonds. The molecule has 0 unspecified atom stereocenters. The van der Waals surface area contributed by atoms with E-state index in [1.165, 1.54) is 10.9 Å². The predicted octanol–water partition coefficient (Wildman–Crippen LogP) is 3.07. The van der Waals surface area contributed by atoms with Crippen molar-refractivity contribution < 1.29 is 13.6 Å². The van der Waals surface area contributed by atoms with Crippen LogP contribution >= 0.6 is 11.6 Å². The molecule has 0 saturated carbocycles. The lowest BCUT2D eigenvalue weighted by atomic mass is 10.1. The number of carbonyl (C=O) groups is 1. The van der Waals surface area contributed by atoms with Crippen molar-refractivity contribution in [2.75, 3.05) is 0 Å². The molecular formula is C12H9ClF2N2O. The van der Waals surface area contributed by atoms with Gasteiger partial charge in [0.2, 0.25) is 5.78 Å². The summed E-state index contributed by atoms with van der Waals surface area (Å²) in [6, 6.07) is 2.78. The summed E-state index contributed by atoms with van der Waals surface area (Å²) >= 11 is 5.85. The summed E-state index contributed by atoms with van der Waals surface area (Å²) in [7, 11) is 0. The predicted molar refractivity (Wildman–Crippen MR) is 62.7 cm³/mol. The van der Waals surface area contributed by atoms with Crippen LogP contribution < -0.4 is 0 Å². The average Bonchev–Trinajstić information content (AvgIpc) is 2.69. The highest BCUT2D eigenvalue weighted by atomic mass is 35.5. The summed E-state index contributed by atoms with van der Waals surface area (Å²) in [5, 5.41) is 4.04. The van der Waals surface area contributed by atoms with Crippen LogP contribution in [0.2, 0.25) is 5.02 Å². The zero-order chi connectivity index (χ0) is 13.3. The van der Waals surface area contributed by atoms with Gasteiger partial charge in [-0.1, -0.05) is 11.6 Å². The molecule has 0 aliphatic rings. The Balaban J connectivity index is 2.51. The van der Waals surface area contributed by atoms with E-state index in [2.05, 4.69) is 5.10 Å². The van der Waals surface area contributed by atoms with Crippen LogP contribution in [0.15, 0.2) is 24.4 Å². The Morgan fingerprint density at radius 2 is 2.17 bits per heavy atom. The monoisotopic (exact) mass is 270 g/mol. The van der Waals surface area contributed by atoms with Gasteiger partial charge in [-0.2, -0.15) is 5.10 Å². The normalized spacial score (nSPS) is 10.7. The second kappa shape index (κ2) is 4.86. The highest BCUT2D eigenvalue weighted by molar-refractivity contribution is 6.34. The molecule has 6 heteroatoms. The number of nitrogens with zero attached hydrogens (tertiary/aromatic N) is 2. The molecule has 1 aromatic carbocycles. The van der Waals surface area contributed by atoms with E-state index >= 15 is 0 Å². The third-order valence-corrected chi connectivity index (χ3v) is 2.76. The molecule has 1 aromatic heterocycles. The van der Waals surface area contributed by atoms with E-state index in [0.29, 0.717) is 12.6 Å². The van der Waals surface area contributed by atoms with Crippen LogP contribution in [0.4, 0.5) is 8.78 Å². The molecule has 2 aromatic rings. The number of carbonyl (C=O) groups excluding carboxylic acids is 1. The Morgan fingerprint density at radius 3 is 2.78 bits per heavy atom. The molecule has 94 valence electrons. The molecule has 0 bridgehead atoms. The molecule has 0 spiro atoms. The van der Waals surface area contributed by atoms with Crippen molar-refractivity contribution in [3.8, 4) is 0 Å². The Kier molecular flexibility index (Phi) is 3.43. The summed E-state index contributed by atoms with van der Waals surface area (Å²) in [5.41, 5.74) is -0.127. The van der Waals surface area contributed by atoms with Gasteiger partial charge in [-0.05, 0) is 19.1 Å². The number of ketones is 1. The van der Waals surface area contributed by atoms with Crippen LogP contribution in [0, 0.1) is 11.6 Å². The van der Waals surface area contributed by atoms with E-state index in [1.54, 1.807) is 6.92 Å². The molecule has 0 aliphatic heterocycles. The van der Waals surface area contributed by atoms with Crippen LogP contribution in [-0.4, -0.2) is 15.6 Å². The van der Waals surface area contributed by atoms with Crippen LogP contribution in [0.3, 0.4) is 0 Å². The highest BCUT2D eigenvalue weighted by Crippen LogP contribution is 2.21. The fourth-order valence-electron chi connectivity index (χ4n) is 1.63. The molecule has 18 heavy (non-hydrogen) atoms. The molecule has 2 rings (SSSR count). The third-order valence-electron chi connectivity index (χ3n) is 2.49. The fraction of sp³-hybridized carbons (Fsp3) is 0.167. The van der Waals surface area contributed by atoms with E-state index in [0.717, 1.165) is 12.1 Å². The van der Waals surface area contributed by atoms with Crippen LogP contribution in [0.25, 0.3) is 0 Å². The number of aromatic nitrogens is 2. The first-order chi connectivity index (χ1) is 8.54. The quantitative estimate of drug-likeness (QED) is 0.804. The lowest BCUT2D eigenvalue weighted by Crippen LogP contribution is -2.12. The van der Waals surface area contributed by atoms with Gasteiger partial charge in [0.25, 0.3) is 0 Å². The molecule has 0 N–H and O–H groups in total. The minimum atomic E-state index is -0.917. The Labute approximate surface area is 107 Å². The van der Waals surface area contributed by atoms with E-state index in [1.807, 2.05) is 0 Å². The third kappa shape index (κ3) is 2.13. The minimum Gasteiger partial charge on any atom is -0.287 e. The van der Waals surface area contributed by atoms with Crippen LogP contribution in [0.5, 0.6) is 0 Å². The van der Waals surface area contributed by atoms with Crippen molar-refractivity contribution in [3.63, 3.8) is 0 Å². The van der Waals surface area contributed by atoms with Crippen molar-refractivity contribution in [3.05, 3.63) is 52.3 Å². The summed E-state index contributed by atoms with van der Waals surface area (Å²) in [5.74, 6) is -2.27. The van der Waals surface area contributed by atoms with Gasteiger partial charge in [0.05, 0.1) is 16.8 Å². The molecule has 1 heterocycles. The maximum absolute atomic E-state index is 13.5. The summed E-state index contributed by atoms with van der Waals surface area (Å²) < 4.78 is 27.7. The second-order valence-electron chi connectivity index (χ2n) is 3.61. The van der Waals surface area contributed by atoms with Gasteiger partial charge in [-0.15, -0.1) is 0 Å². The lowest BCUT2D eigenvalue weighted by Gasteiger charge is -2.05. The maximum atomic E-state index is 13.5. The number of halogens is 3. The van der Waals surface area contributed by atoms with Crippen LogP contribution in [0.1, 0.15) is 23.0 Å². The van der Waals surface area contributed by atoms with Gasteiger partial charge < -0.3 is 0 Å². The first kappa shape index (κ1) is 12.7. The lowest BCUT2D eigenvalue weighted by molar-refractivity contribution is 0.102. The van der Waals surface area contributed by atoms with Gasteiger partial charge in [0.1, 0.15) is 17.3 Å². The molecule has 0 fully saturated rings. The number of aryl methyl sites for hydroxylation is 1. The van der Waals surface area contributed by atoms with Gasteiger partial charge >= 0.3 is 0 Å². The van der Waals surface area contributed by atoms with Crippen molar-refractivity contribution in [1.29, 1.82) is 0 Å². The first-order valence-electron chi connectivity index (χ1n) is 5.25. The van der Waals surface area contributed by atoms with E-state index in [4.69, 9.17) is 11.6 Å². The number of hydrogen-bond donors (Lipinski definition) is 0. The summed E-state index contributed by atoms with van der Waals surface area (Å²) in [6.45, 7) is 2.21. The highest BCUT2D eigenvalue weighted by Gasteiger charge is 2.21. The zero-order valence-electron chi connectivity index (χ0n) is 9.45. The molecular weight excluding hydrogens is 262 g/mol. The number of hydrogen-bond acceptors (Lipinski definition) is 2.